The number of nitrogens with one attached hydrogen (secondary N) is 2. The molecule has 1 aliphatic heterocycles. The van der Waals surface area contributed by atoms with Crippen molar-refractivity contribution in [3.8, 4) is 22.3 Å². The standard InChI is InChI=1S/C26H19FN2O/c1-16-15-28-23(24(16)17-8-3-2-4-9-17)14-20-25-19(18-10-5-6-12-21(18)27)11-7-13-22(25)29-26(20)30/h2-15,28H,1H3,(H,29,30)/b20-14-. The van der Waals surface area contributed by atoms with Crippen molar-refractivity contribution in [3.63, 3.8) is 0 Å². The summed E-state index contributed by atoms with van der Waals surface area (Å²) in [5.41, 5.74) is 7.16. The topological polar surface area (TPSA) is 44.9 Å². The van der Waals surface area contributed by atoms with E-state index >= 15 is 0 Å². The highest BCUT2D eigenvalue weighted by molar-refractivity contribution is 6.36. The van der Waals surface area contributed by atoms with Gasteiger partial charge in [-0.15, -0.1) is 0 Å². The van der Waals surface area contributed by atoms with E-state index in [0.29, 0.717) is 22.4 Å². The minimum absolute atomic E-state index is 0.194. The third-order valence-electron chi connectivity index (χ3n) is 5.45. The summed E-state index contributed by atoms with van der Waals surface area (Å²) in [4.78, 5) is 16.2. The molecule has 3 nitrogen and oxygen atoms in total. The first-order chi connectivity index (χ1) is 14.6. The molecule has 2 N–H and O–H groups in total. The second-order valence-electron chi connectivity index (χ2n) is 7.35. The molecule has 1 amide bonds. The van der Waals surface area contributed by atoms with Gasteiger partial charge in [0.2, 0.25) is 0 Å². The number of rotatable bonds is 3. The summed E-state index contributed by atoms with van der Waals surface area (Å²) < 4.78 is 14.6. The Morgan fingerprint density at radius 1 is 0.833 bits per heavy atom. The SMILES string of the molecule is Cc1c[nH]c(/C=C2\C(=O)Nc3cccc(-c4ccccc4F)c32)c1-c1ccccc1. The van der Waals surface area contributed by atoms with Crippen LogP contribution in [-0.2, 0) is 4.79 Å². The Labute approximate surface area is 173 Å². The molecule has 1 aromatic heterocycles. The maximum Gasteiger partial charge on any atom is 0.256 e. The summed E-state index contributed by atoms with van der Waals surface area (Å²) in [6.07, 6.45) is 3.80. The molecule has 0 fully saturated rings. The number of aryl methyl sites for hydroxylation is 1. The Hall–Kier alpha value is -3.92. The van der Waals surface area contributed by atoms with Crippen LogP contribution in [0.25, 0.3) is 33.9 Å². The van der Waals surface area contributed by atoms with Crippen LogP contribution in [0.1, 0.15) is 16.8 Å². The normalized spacial score (nSPS) is 14.1. The molecule has 0 radical (unpaired) electrons. The molecule has 0 saturated heterocycles. The van der Waals surface area contributed by atoms with Crippen LogP contribution in [0.4, 0.5) is 10.1 Å². The molecule has 5 rings (SSSR count). The summed E-state index contributed by atoms with van der Waals surface area (Å²) in [6, 6.07) is 22.2. The highest BCUT2D eigenvalue weighted by Crippen LogP contribution is 2.42. The molecular weight excluding hydrogens is 375 g/mol. The van der Waals surface area contributed by atoms with E-state index in [2.05, 4.69) is 10.3 Å². The number of amides is 1. The van der Waals surface area contributed by atoms with Gasteiger partial charge in [0.1, 0.15) is 5.82 Å². The molecule has 0 unspecified atom stereocenters. The molecule has 0 aliphatic carbocycles. The van der Waals surface area contributed by atoms with Crippen LogP contribution >= 0.6 is 0 Å². The number of hydrogen-bond donors (Lipinski definition) is 2. The predicted octanol–water partition coefficient (Wildman–Crippen LogP) is 6.29. The molecule has 4 heteroatoms. The summed E-state index contributed by atoms with van der Waals surface area (Å²) in [5.74, 6) is -0.509. The molecule has 0 saturated carbocycles. The average Bonchev–Trinajstić information content (AvgIpc) is 3.28. The lowest BCUT2D eigenvalue weighted by molar-refractivity contribution is -0.110. The van der Waals surface area contributed by atoms with Crippen LogP contribution in [0.2, 0.25) is 0 Å². The van der Waals surface area contributed by atoms with E-state index in [-0.39, 0.29) is 11.7 Å². The van der Waals surface area contributed by atoms with Gasteiger partial charge in [0.15, 0.2) is 0 Å². The van der Waals surface area contributed by atoms with Crippen LogP contribution in [0.5, 0.6) is 0 Å². The van der Waals surface area contributed by atoms with Gasteiger partial charge in [-0.2, -0.15) is 0 Å². The van der Waals surface area contributed by atoms with E-state index in [9.17, 15) is 9.18 Å². The summed E-state index contributed by atoms with van der Waals surface area (Å²) in [5, 5.41) is 2.92. The van der Waals surface area contributed by atoms with E-state index in [1.165, 1.54) is 6.07 Å². The molecule has 146 valence electrons. The Kier molecular flexibility index (Phi) is 4.32. The number of benzene rings is 3. The van der Waals surface area contributed by atoms with E-state index < -0.39 is 0 Å². The lowest BCUT2D eigenvalue weighted by Crippen LogP contribution is -2.03. The van der Waals surface area contributed by atoms with Crippen molar-refractivity contribution < 1.29 is 9.18 Å². The van der Waals surface area contributed by atoms with E-state index in [1.54, 1.807) is 18.2 Å². The monoisotopic (exact) mass is 394 g/mol. The first kappa shape index (κ1) is 18.1. The van der Waals surface area contributed by atoms with Crippen molar-refractivity contribution in [2.75, 3.05) is 5.32 Å². The van der Waals surface area contributed by atoms with Gasteiger partial charge < -0.3 is 10.3 Å². The summed E-state index contributed by atoms with van der Waals surface area (Å²) >= 11 is 0. The Bertz CT molecular complexity index is 1300. The third-order valence-corrected chi connectivity index (χ3v) is 5.45. The summed E-state index contributed by atoms with van der Waals surface area (Å²) in [6.45, 7) is 2.04. The fraction of sp³-hybridized carbons (Fsp3) is 0.0385. The molecule has 1 aliphatic rings. The smallest absolute Gasteiger partial charge is 0.256 e. The predicted molar refractivity (Wildman–Crippen MR) is 119 cm³/mol. The van der Waals surface area contributed by atoms with Crippen LogP contribution in [0.3, 0.4) is 0 Å². The van der Waals surface area contributed by atoms with Gasteiger partial charge in [0, 0.05) is 34.3 Å². The Morgan fingerprint density at radius 3 is 2.37 bits per heavy atom. The second-order valence-corrected chi connectivity index (χ2v) is 7.35. The highest BCUT2D eigenvalue weighted by atomic mass is 19.1. The number of anilines is 1. The van der Waals surface area contributed by atoms with Crippen molar-refractivity contribution in [2.45, 2.75) is 6.92 Å². The number of aromatic amines is 1. The van der Waals surface area contributed by atoms with Gasteiger partial charge in [-0.1, -0.05) is 60.7 Å². The van der Waals surface area contributed by atoms with Crippen LogP contribution in [0, 0.1) is 12.7 Å². The number of aromatic nitrogens is 1. The fourth-order valence-corrected chi connectivity index (χ4v) is 4.08. The number of carbonyl (C=O) groups excluding carboxylic acids is 1. The quantitative estimate of drug-likeness (QED) is 0.394. The van der Waals surface area contributed by atoms with Crippen LogP contribution in [0.15, 0.2) is 79.0 Å². The van der Waals surface area contributed by atoms with Gasteiger partial charge in [-0.25, -0.2) is 4.39 Å². The molecule has 4 aromatic rings. The molecule has 0 spiro atoms. The highest BCUT2D eigenvalue weighted by Gasteiger charge is 2.28. The van der Waals surface area contributed by atoms with Gasteiger partial charge in [0.05, 0.1) is 5.57 Å². The van der Waals surface area contributed by atoms with Gasteiger partial charge in [0.25, 0.3) is 5.91 Å². The largest absolute Gasteiger partial charge is 0.361 e. The zero-order valence-electron chi connectivity index (χ0n) is 16.4. The van der Waals surface area contributed by atoms with E-state index in [1.807, 2.05) is 67.7 Å². The van der Waals surface area contributed by atoms with E-state index in [4.69, 9.17) is 0 Å². The molecule has 0 bridgehead atoms. The van der Waals surface area contributed by atoms with Crippen molar-refractivity contribution >= 4 is 23.2 Å². The van der Waals surface area contributed by atoms with Gasteiger partial charge in [-0.3, -0.25) is 4.79 Å². The van der Waals surface area contributed by atoms with Crippen molar-refractivity contribution in [1.82, 2.24) is 4.98 Å². The van der Waals surface area contributed by atoms with Crippen molar-refractivity contribution in [1.29, 1.82) is 0 Å². The molecule has 30 heavy (non-hydrogen) atoms. The fourth-order valence-electron chi connectivity index (χ4n) is 4.08. The summed E-state index contributed by atoms with van der Waals surface area (Å²) in [7, 11) is 0. The lowest BCUT2D eigenvalue weighted by atomic mass is 9.93. The van der Waals surface area contributed by atoms with Crippen LogP contribution in [-0.4, -0.2) is 10.9 Å². The van der Waals surface area contributed by atoms with Gasteiger partial charge in [-0.05, 0) is 41.8 Å². The van der Waals surface area contributed by atoms with Crippen LogP contribution < -0.4 is 5.32 Å². The molecular formula is C26H19FN2O. The maximum absolute atomic E-state index is 14.6. The average molecular weight is 394 g/mol. The first-order valence-electron chi connectivity index (χ1n) is 9.78. The number of fused-ring (bicyclic) bond motifs is 1. The Morgan fingerprint density at radius 2 is 1.57 bits per heavy atom. The molecule has 0 atom stereocenters. The minimum atomic E-state index is -0.315. The second kappa shape index (κ2) is 7.16. The third kappa shape index (κ3) is 2.94. The van der Waals surface area contributed by atoms with Crippen molar-refractivity contribution in [2.24, 2.45) is 0 Å². The molecule has 2 heterocycles. The minimum Gasteiger partial charge on any atom is -0.361 e. The number of hydrogen-bond acceptors (Lipinski definition) is 1. The maximum atomic E-state index is 14.6. The zero-order chi connectivity index (χ0) is 20.7. The van der Waals surface area contributed by atoms with Gasteiger partial charge >= 0.3 is 0 Å². The van der Waals surface area contributed by atoms with E-state index in [0.717, 1.165) is 27.9 Å². The first-order valence-corrected chi connectivity index (χ1v) is 9.78. The number of carbonyl (C=O) groups is 1. The zero-order valence-corrected chi connectivity index (χ0v) is 16.4. The number of H-pyrrole nitrogens is 1. The lowest BCUT2D eigenvalue weighted by Gasteiger charge is -2.10. The molecule has 3 aromatic carbocycles. The Balaban J connectivity index is 1.71. The van der Waals surface area contributed by atoms with Crippen molar-refractivity contribution in [3.05, 3.63) is 102 Å². The number of halogens is 1.